The van der Waals surface area contributed by atoms with Crippen molar-refractivity contribution in [3.63, 3.8) is 0 Å². The summed E-state index contributed by atoms with van der Waals surface area (Å²) in [5, 5.41) is 1.91. The minimum absolute atomic E-state index is 0.146. The maximum atomic E-state index is 13.3. The summed E-state index contributed by atoms with van der Waals surface area (Å²) in [5.41, 5.74) is 2.16. The standard InChI is InChI=1S/C21H20ClNO4S/c1-14-9-10-16(12-15(14)2)28(25,26)20(19-8-5-11-27-19)13-23-21(24)17-6-3-4-7-18(17)22/h3-12,20H,13H2,1-2H3,(H,23,24)/t20-/m1/s1. The second kappa shape index (κ2) is 8.20. The van der Waals surface area contributed by atoms with Gasteiger partial charge in [-0.1, -0.05) is 29.8 Å². The van der Waals surface area contributed by atoms with E-state index in [0.717, 1.165) is 11.1 Å². The number of furan rings is 1. The number of hydrogen-bond donors (Lipinski definition) is 1. The average molecular weight is 418 g/mol. The van der Waals surface area contributed by atoms with Gasteiger partial charge in [0.25, 0.3) is 5.91 Å². The number of benzene rings is 2. The Morgan fingerprint density at radius 1 is 1.07 bits per heavy atom. The fourth-order valence-electron chi connectivity index (χ4n) is 2.82. The second-order valence-corrected chi connectivity index (χ2v) is 9.02. The lowest BCUT2D eigenvalue weighted by atomic mass is 10.1. The summed E-state index contributed by atoms with van der Waals surface area (Å²) in [6.45, 7) is 3.63. The minimum Gasteiger partial charge on any atom is -0.468 e. The predicted octanol–water partition coefficient (Wildman–Crippen LogP) is 4.49. The van der Waals surface area contributed by atoms with Crippen molar-refractivity contribution in [2.45, 2.75) is 24.0 Å². The first-order valence-corrected chi connectivity index (χ1v) is 10.6. The molecule has 3 rings (SSSR count). The van der Waals surface area contributed by atoms with Gasteiger partial charge in [-0.25, -0.2) is 8.42 Å². The fourth-order valence-corrected chi connectivity index (χ4v) is 4.71. The number of carbonyl (C=O) groups excluding carboxylic acids is 1. The number of sulfone groups is 1. The van der Waals surface area contributed by atoms with Crippen molar-refractivity contribution in [2.24, 2.45) is 0 Å². The van der Waals surface area contributed by atoms with E-state index in [2.05, 4.69) is 5.32 Å². The van der Waals surface area contributed by atoms with Gasteiger partial charge in [-0.2, -0.15) is 0 Å². The summed E-state index contributed by atoms with van der Waals surface area (Å²) in [5.74, 6) is -0.185. The van der Waals surface area contributed by atoms with Crippen LogP contribution in [0.1, 0.15) is 32.5 Å². The smallest absolute Gasteiger partial charge is 0.252 e. The number of hydrogen-bond acceptors (Lipinski definition) is 4. The van der Waals surface area contributed by atoms with E-state index in [-0.39, 0.29) is 22.8 Å². The van der Waals surface area contributed by atoms with Crippen LogP contribution in [0.2, 0.25) is 5.02 Å². The molecule has 0 unspecified atom stereocenters. The molecule has 0 aliphatic heterocycles. The molecule has 2 aromatic carbocycles. The Kier molecular flexibility index (Phi) is 5.91. The molecule has 0 spiro atoms. The van der Waals surface area contributed by atoms with E-state index in [1.807, 2.05) is 13.8 Å². The van der Waals surface area contributed by atoms with Gasteiger partial charge in [0, 0.05) is 6.54 Å². The summed E-state index contributed by atoms with van der Waals surface area (Å²) < 4.78 is 31.9. The zero-order valence-electron chi connectivity index (χ0n) is 15.5. The first kappa shape index (κ1) is 20.2. The van der Waals surface area contributed by atoms with E-state index >= 15 is 0 Å². The van der Waals surface area contributed by atoms with E-state index < -0.39 is 21.0 Å². The Morgan fingerprint density at radius 3 is 2.46 bits per heavy atom. The van der Waals surface area contributed by atoms with E-state index in [1.54, 1.807) is 54.6 Å². The quantitative estimate of drug-likeness (QED) is 0.640. The molecule has 0 radical (unpaired) electrons. The van der Waals surface area contributed by atoms with Crippen molar-refractivity contribution >= 4 is 27.3 Å². The van der Waals surface area contributed by atoms with Gasteiger partial charge < -0.3 is 9.73 Å². The SMILES string of the molecule is Cc1ccc(S(=O)(=O)[C@H](CNC(=O)c2ccccc2Cl)c2ccco2)cc1C. The highest BCUT2D eigenvalue weighted by Gasteiger charge is 2.32. The highest BCUT2D eigenvalue weighted by Crippen LogP contribution is 2.30. The normalized spacial score (nSPS) is 12.5. The number of carbonyl (C=O) groups is 1. The predicted molar refractivity (Wildman–Crippen MR) is 108 cm³/mol. The molecule has 1 atom stereocenters. The Bertz CT molecular complexity index is 1090. The van der Waals surface area contributed by atoms with Crippen LogP contribution >= 0.6 is 11.6 Å². The van der Waals surface area contributed by atoms with Crippen molar-refractivity contribution < 1.29 is 17.6 Å². The van der Waals surface area contributed by atoms with Gasteiger partial charge in [0.05, 0.1) is 21.7 Å². The molecule has 146 valence electrons. The number of aryl methyl sites for hydroxylation is 2. The first-order chi connectivity index (χ1) is 13.3. The topological polar surface area (TPSA) is 76.4 Å². The lowest BCUT2D eigenvalue weighted by molar-refractivity contribution is 0.0953. The highest BCUT2D eigenvalue weighted by molar-refractivity contribution is 7.91. The molecule has 3 aromatic rings. The molecule has 1 heterocycles. The molecule has 0 saturated heterocycles. The van der Waals surface area contributed by atoms with E-state index in [4.69, 9.17) is 16.0 Å². The van der Waals surface area contributed by atoms with Crippen LogP contribution < -0.4 is 5.32 Å². The molecule has 0 saturated carbocycles. The van der Waals surface area contributed by atoms with E-state index in [1.165, 1.54) is 6.26 Å². The largest absolute Gasteiger partial charge is 0.468 e. The fraction of sp³-hybridized carbons (Fsp3) is 0.190. The van der Waals surface area contributed by atoms with Crippen molar-refractivity contribution in [3.8, 4) is 0 Å². The monoisotopic (exact) mass is 417 g/mol. The van der Waals surface area contributed by atoms with Crippen LogP contribution in [0.15, 0.2) is 70.2 Å². The van der Waals surface area contributed by atoms with Gasteiger partial charge in [0.15, 0.2) is 9.84 Å². The van der Waals surface area contributed by atoms with Crippen LogP contribution in [-0.2, 0) is 9.84 Å². The van der Waals surface area contributed by atoms with E-state index in [9.17, 15) is 13.2 Å². The molecule has 0 fully saturated rings. The molecule has 1 aromatic heterocycles. The Balaban J connectivity index is 1.91. The second-order valence-electron chi connectivity index (χ2n) is 6.49. The minimum atomic E-state index is -3.79. The van der Waals surface area contributed by atoms with Crippen LogP contribution in [0, 0.1) is 13.8 Å². The summed E-state index contributed by atoms with van der Waals surface area (Å²) in [6.07, 6.45) is 1.41. The maximum Gasteiger partial charge on any atom is 0.252 e. The molecule has 1 amide bonds. The third kappa shape index (κ3) is 4.13. The van der Waals surface area contributed by atoms with Crippen LogP contribution in [0.25, 0.3) is 0 Å². The molecule has 0 aliphatic rings. The Morgan fingerprint density at radius 2 is 1.82 bits per heavy atom. The zero-order chi connectivity index (χ0) is 20.3. The van der Waals surface area contributed by atoms with Crippen LogP contribution in [0.4, 0.5) is 0 Å². The van der Waals surface area contributed by atoms with Gasteiger partial charge in [-0.15, -0.1) is 0 Å². The first-order valence-electron chi connectivity index (χ1n) is 8.68. The van der Waals surface area contributed by atoms with Crippen LogP contribution in [0.5, 0.6) is 0 Å². The Labute approximate surface area is 169 Å². The zero-order valence-corrected chi connectivity index (χ0v) is 17.0. The van der Waals surface area contributed by atoms with Gasteiger partial charge in [-0.05, 0) is 61.4 Å². The Hall–Kier alpha value is -2.57. The summed E-state index contributed by atoms with van der Waals surface area (Å²) in [6, 6.07) is 14.8. The molecule has 5 nitrogen and oxygen atoms in total. The summed E-state index contributed by atoms with van der Waals surface area (Å²) in [7, 11) is -3.79. The molecular weight excluding hydrogens is 398 g/mol. The van der Waals surface area contributed by atoms with Crippen LogP contribution in [-0.4, -0.2) is 20.9 Å². The van der Waals surface area contributed by atoms with Gasteiger partial charge in [-0.3, -0.25) is 4.79 Å². The maximum absolute atomic E-state index is 13.3. The van der Waals surface area contributed by atoms with E-state index in [0.29, 0.717) is 5.02 Å². The highest BCUT2D eigenvalue weighted by atomic mass is 35.5. The molecule has 7 heteroatoms. The van der Waals surface area contributed by atoms with Gasteiger partial charge >= 0.3 is 0 Å². The lowest BCUT2D eigenvalue weighted by Gasteiger charge is -2.17. The lowest BCUT2D eigenvalue weighted by Crippen LogP contribution is -2.32. The van der Waals surface area contributed by atoms with Gasteiger partial charge in [0.2, 0.25) is 0 Å². The number of nitrogens with one attached hydrogen (secondary N) is 1. The number of halogens is 1. The molecule has 0 bridgehead atoms. The summed E-state index contributed by atoms with van der Waals surface area (Å²) in [4.78, 5) is 12.7. The molecular formula is C21H20ClNO4S. The third-order valence-corrected chi connectivity index (χ3v) is 7.00. The van der Waals surface area contributed by atoms with Crippen molar-refractivity contribution in [2.75, 3.05) is 6.54 Å². The number of rotatable bonds is 6. The third-order valence-electron chi connectivity index (χ3n) is 4.61. The molecule has 28 heavy (non-hydrogen) atoms. The van der Waals surface area contributed by atoms with Crippen molar-refractivity contribution in [1.29, 1.82) is 0 Å². The van der Waals surface area contributed by atoms with Gasteiger partial charge in [0.1, 0.15) is 11.0 Å². The summed E-state index contributed by atoms with van der Waals surface area (Å²) >= 11 is 6.05. The molecule has 0 aliphatic carbocycles. The molecule has 1 N–H and O–H groups in total. The average Bonchev–Trinajstić information content (AvgIpc) is 3.18. The van der Waals surface area contributed by atoms with Crippen LogP contribution in [0.3, 0.4) is 0 Å². The van der Waals surface area contributed by atoms with Crippen molar-refractivity contribution in [3.05, 3.63) is 88.3 Å². The number of amides is 1. The van der Waals surface area contributed by atoms with Crippen molar-refractivity contribution in [1.82, 2.24) is 5.32 Å².